The Balaban J connectivity index is 0.000000252. The van der Waals surface area contributed by atoms with Crippen molar-refractivity contribution in [3.63, 3.8) is 0 Å². The lowest BCUT2D eigenvalue weighted by Crippen LogP contribution is -2.00. The van der Waals surface area contributed by atoms with Gasteiger partial charge in [0.25, 0.3) is 0 Å². The molecule has 0 radical (unpaired) electrons. The third kappa shape index (κ3) is 10.8. The van der Waals surface area contributed by atoms with Crippen LogP contribution >= 0.6 is 0 Å². The van der Waals surface area contributed by atoms with Crippen molar-refractivity contribution in [3.8, 4) is 5.75 Å². The van der Waals surface area contributed by atoms with Crippen LogP contribution in [0.5, 0.6) is 5.75 Å². The molecule has 0 amide bonds. The van der Waals surface area contributed by atoms with Gasteiger partial charge in [0.15, 0.2) is 0 Å². The summed E-state index contributed by atoms with van der Waals surface area (Å²) in [4.78, 5) is 4.41. The second-order valence-electron chi connectivity index (χ2n) is 1.88. The fraction of sp³-hybridized carbons (Fsp3) is 0. The van der Waals surface area contributed by atoms with Gasteiger partial charge in [0.1, 0.15) is 5.75 Å². The van der Waals surface area contributed by atoms with E-state index in [0.717, 1.165) is 0 Å². The van der Waals surface area contributed by atoms with Gasteiger partial charge in [-0.1, -0.05) is 18.2 Å². The van der Waals surface area contributed by atoms with Crippen molar-refractivity contribution in [1.82, 2.24) is 0 Å². The zero-order valence-corrected chi connectivity index (χ0v) is 7.31. The molecule has 0 fully saturated rings. The van der Waals surface area contributed by atoms with Gasteiger partial charge < -0.3 is 4.84 Å². The molecule has 7 heteroatoms. The zero-order valence-electron chi connectivity index (χ0n) is 6.49. The molecule has 1 aromatic rings. The predicted octanol–water partition coefficient (Wildman–Crippen LogP) is 0.286. The largest absolute Gasteiger partial charge is 0.412 e. The quantitative estimate of drug-likeness (QED) is 0.451. The van der Waals surface area contributed by atoms with Gasteiger partial charge in [0, 0.05) is 0 Å². The van der Waals surface area contributed by atoms with Gasteiger partial charge in [0.2, 0.25) is 0 Å². The molecule has 0 aliphatic rings. The molecule has 0 unspecified atom stereocenters. The smallest absolute Gasteiger partial charge is 0.394 e. The van der Waals surface area contributed by atoms with Crippen LogP contribution in [0.1, 0.15) is 0 Å². The summed E-state index contributed by atoms with van der Waals surface area (Å²) >= 11 is 0. The average molecular weight is 207 g/mol. The molecule has 4 N–H and O–H groups in total. The van der Waals surface area contributed by atoms with E-state index in [1.165, 1.54) is 0 Å². The molecule has 0 aliphatic heterocycles. The molecule has 0 aliphatic carbocycles. The number of hydrogen-bond donors (Lipinski definition) is 3. The first-order valence-corrected chi connectivity index (χ1v) is 4.45. The Kier molecular flexibility index (Phi) is 5.00. The van der Waals surface area contributed by atoms with E-state index < -0.39 is 10.4 Å². The molecule has 0 saturated heterocycles. The summed E-state index contributed by atoms with van der Waals surface area (Å²) in [7, 11) is -4.67. The Bertz CT molecular complexity index is 314. The number of para-hydroxylation sites is 1. The summed E-state index contributed by atoms with van der Waals surface area (Å²) in [5.41, 5.74) is 0. The highest BCUT2D eigenvalue weighted by Crippen LogP contribution is 2.04. The van der Waals surface area contributed by atoms with Crippen LogP contribution in [0.25, 0.3) is 0 Å². The number of nitrogens with two attached hydrogens (primary N) is 1. The van der Waals surface area contributed by atoms with Gasteiger partial charge >= 0.3 is 10.4 Å². The Morgan fingerprint density at radius 2 is 1.54 bits per heavy atom. The van der Waals surface area contributed by atoms with Crippen LogP contribution in [0.3, 0.4) is 0 Å². The molecular formula is C6H9NO5S. The normalized spacial score (nSPS) is 9.77. The second kappa shape index (κ2) is 5.49. The molecule has 0 spiro atoms. The summed E-state index contributed by atoms with van der Waals surface area (Å²) in [6.45, 7) is 0. The summed E-state index contributed by atoms with van der Waals surface area (Å²) in [6.07, 6.45) is 0. The van der Waals surface area contributed by atoms with E-state index in [0.29, 0.717) is 5.75 Å². The Morgan fingerprint density at radius 1 is 1.15 bits per heavy atom. The lowest BCUT2D eigenvalue weighted by Gasteiger charge is -1.92. The molecule has 0 aromatic heterocycles. The maximum absolute atomic E-state index is 8.74. The topological polar surface area (TPSA) is 110 Å². The van der Waals surface area contributed by atoms with Crippen molar-refractivity contribution < 1.29 is 22.4 Å². The minimum atomic E-state index is -4.67. The van der Waals surface area contributed by atoms with Crippen LogP contribution < -0.4 is 10.7 Å². The Labute approximate surface area is 75.5 Å². The summed E-state index contributed by atoms with van der Waals surface area (Å²) < 4.78 is 31.6. The first-order chi connectivity index (χ1) is 5.93. The van der Waals surface area contributed by atoms with Crippen LogP contribution in [0.15, 0.2) is 30.3 Å². The lowest BCUT2D eigenvalue weighted by atomic mass is 10.3. The van der Waals surface area contributed by atoms with Crippen molar-refractivity contribution in [1.29, 1.82) is 0 Å². The number of rotatable bonds is 1. The summed E-state index contributed by atoms with van der Waals surface area (Å²) in [5.74, 6) is 5.54. The summed E-state index contributed by atoms with van der Waals surface area (Å²) in [6, 6.07) is 9.22. The molecule has 6 nitrogen and oxygen atoms in total. The van der Waals surface area contributed by atoms with E-state index in [-0.39, 0.29) is 0 Å². The Morgan fingerprint density at radius 3 is 1.77 bits per heavy atom. The lowest BCUT2D eigenvalue weighted by molar-refractivity contribution is 0.334. The van der Waals surface area contributed by atoms with E-state index >= 15 is 0 Å². The van der Waals surface area contributed by atoms with Crippen LogP contribution in [-0.4, -0.2) is 17.5 Å². The second-order valence-corrected chi connectivity index (χ2v) is 2.77. The zero-order chi connectivity index (χ0) is 10.3. The van der Waals surface area contributed by atoms with Crippen molar-refractivity contribution in [2.24, 2.45) is 5.90 Å². The molecule has 1 aromatic carbocycles. The van der Waals surface area contributed by atoms with Gasteiger partial charge in [-0.2, -0.15) is 14.3 Å². The van der Waals surface area contributed by atoms with Crippen LogP contribution in [0, 0.1) is 0 Å². The fourth-order valence-electron chi connectivity index (χ4n) is 0.499. The van der Waals surface area contributed by atoms with Gasteiger partial charge in [-0.25, -0.2) is 0 Å². The fourth-order valence-corrected chi connectivity index (χ4v) is 0.499. The van der Waals surface area contributed by atoms with Gasteiger partial charge in [0.05, 0.1) is 0 Å². The Hall–Kier alpha value is -1.15. The number of benzene rings is 1. The molecule has 13 heavy (non-hydrogen) atoms. The van der Waals surface area contributed by atoms with E-state index in [4.69, 9.17) is 23.4 Å². The molecule has 0 saturated carbocycles. The first kappa shape index (κ1) is 11.8. The first-order valence-electron chi connectivity index (χ1n) is 3.05. The van der Waals surface area contributed by atoms with Crippen molar-refractivity contribution >= 4 is 10.4 Å². The van der Waals surface area contributed by atoms with Crippen molar-refractivity contribution in [2.75, 3.05) is 0 Å². The van der Waals surface area contributed by atoms with Crippen LogP contribution in [0.2, 0.25) is 0 Å². The van der Waals surface area contributed by atoms with E-state index in [1.54, 1.807) is 12.1 Å². The highest BCUT2D eigenvalue weighted by atomic mass is 32.3. The molecule has 0 bridgehead atoms. The average Bonchev–Trinajstić information content (AvgIpc) is 2.03. The molecule has 0 atom stereocenters. The SMILES string of the molecule is NOc1ccccc1.O=S(=O)(O)O. The van der Waals surface area contributed by atoms with E-state index in [2.05, 4.69) is 4.84 Å². The maximum atomic E-state index is 8.74. The number of hydrogen-bond acceptors (Lipinski definition) is 4. The summed E-state index contributed by atoms with van der Waals surface area (Å²) in [5, 5.41) is 0. The van der Waals surface area contributed by atoms with Gasteiger partial charge in [-0.05, 0) is 12.1 Å². The van der Waals surface area contributed by atoms with Crippen LogP contribution in [0.4, 0.5) is 0 Å². The standard InChI is InChI=1S/C6H7NO.H2O4S/c7-8-6-4-2-1-3-5-6;1-5(2,3)4/h1-5H,7H2;(H2,1,2,3,4). The molecule has 1 rings (SSSR count). The van der Waals surface area contributed by atoms with Gasteiger partial charge in [-0.15, -0.1) is 0 Å². The van der Waals surface area contributed by atoms with Crippen molar-refractivity contribution in [3.05, 3.63) is 30.3 Å². The van der Waals surface area contributed by atoms with E-state index in [1.807, 2.05) is 18.2 Å². The third-order valence-electron chi connectivity index (χ3n) is 0.879. The molecular weight excluding hydrogens is 198 g/mol. The van der Waals surface area contributed by atoms with Crippen LogP contribution in [-0.2, 0) is 10.4 Å². The molecule has 74 valence electrons. The van der Waals surface area contributed by atoms with Crippen molar-refractivity contribution in [2.45, 2.75) is 0 Å². The minimum absolute atomic E-state index is 0.688. The van der Waals surface area contributed by atoms with E-state index in [9.17, 15) is 0 Å². The maximum Gasteiger partial charge on any atom is 0.394 e. The third-order valence-corrected chi connectivity index (χ3v) is 0.879. The minimum Gasteiger partial charge on any atom is -0.412 e. The molecule has 0 heterocycles. The highest BCUT2D eigenvalue weighted by Gasteiger charge is 1.84. The van der Waals surface area contributed by atoms with Gasteiger partial charge in [-0.3, -0.25) is 9.11 Å². The highest BCUT2D eigenvalue weighted by molar-refractivity contribution is 7.79. The monoisotopic (exact) mass is 207 g/mol. The predicted molar refractivity (Wildman–Crippen MR) is 45.4 cm³/mol.